The van der Waals surface area contributed by atoms with Crippen LogP contribution in [0.15, 0.2) is 53.9 Å². The maximum atomic E-state index is 6.46. The van der Waals surface area contributed by atoms with Gasteiger partial charge in [0.25, 0.3) is 0 Å². The van der Waals surface area contributed by atoms with Gasteiger partial charge in [0.15, 0.2) is 6.10 Å². The van der Waals surface area contributed by atoms with Gasteiger partial charge in [0.1, 0.15) is 11.9 Å². The number of benzene rings is 2. The molecule has 0 radical (unpaired) electrons. The van der Waals surface area contributed by atoms with E-state index in [9.17, 15) is 0 Å². The summed E-state index contributed by atoms with van der Waals surface area (Å²) in [6.07, 6.45) is -0.0957. The average molecular weight is 325 g/mol. The first-order valence-corrected chi connectivity index (χ1v) is 8.71. The summed E-state index contributed by atoms with van der Waals surface area (Å²) < 4.78 is 13.7. The number of nitrogens with one attached hydrogen (secondary N) is 1. The Bertz CT molecular complexity index is 814. The smallest absolute Gasteiger partial charge is 0.151 e. The minimum absolute atomic E-state index is 0.00351. The molecule has 0 bridgehead atoms. The van der Waals surface area contributed by atoms with E-state index < -0.39 is 0 Å². The van der Waals surface area contributed by atoms with E-state index in [1.165, 1.54) is 21.2 Å². The Hall–Kier alpha value is -1.88. The lowest BCUT2D eigenvalue weighted by atomic mass is 9.96. The number of likely N-dealkylation sites (N-methyl/N-ethyl adjacent to an activating group) is 1. The molecule has 0 fully saturated rings. The first kappa shape index (κ1) is 14.7. The highest BCUT2D eigenvalue weighted by Crippen LogP contribution is 2.37. The van der Waals surface area contributed by atoms with Crippen LogP contribution in [-0.4, -0.2) is 19.7 Å². The zero-order valence-electron chi connectivity index (χ0n) is 13.0. The summed E-state index contributed by atoms with van der Waals surface area (Å²) in [6, 6.07) is 16.7. The Balaban J connectivity index is 1.73. The molecule has 3 aromatic rings. The van der Waals surface area contributed by atoms with Crippen LogP contribution in [0, 0.1) is 0 Å². The predicted octanol–water partition coefficient (Wildman–Crippen LogP) is 4.14. The Morgan fingerprint density at radius 1 is 1.17 bits per heavy atom. The maximum Gasteiger partial charge on any atom is 0.151 e. The van der Waals surface area contributed by atoms with Crippen LogP contribution in [0.5, 0.6) is 5.75 Å². The van der Waals surface area contributed by atoms with Crippen molar-refractivity contribution in [1.29, 1.82) is 0 Å². The first-order valence-electron chi connectivity index (χ1n) is 7.83. The second-order valence-corrected chi connectivity index (χ2v) is 6.68. The molecule has 4 rings (SSSR count). The lowest BCUT2D eigenvalue weighted by Crippen LogP contribution is -2.38. The molecular formula is C19H19NO2S. The molecule has 0 spiro atoms. The largest absolute Gasteiger partial charge is 0.482 e. The Morgan fingerprint density at radius 2 is 2.09 bits per heavy atom. The third-order valence-electron chi connectivity index (χ3n) is 4.27. The van der Waals surface area contributed by atoms with Crippen molar-refractivity contribution in [3.63, 3.8) is 0 Å². The highest BCUT2D eigenvalue weighted by Gasteiger charge is 2.32. The third kappa shape index (κ3) is 2.74. The summed E-state index contributed by atoms with van der Waals surface area (Å²) in [5, 5.41) is 6.49. The van der Waals surface area contributed by atoms with Crippen LogP contribution < -0.4 is 10.1 Å². The fourth-order valence-electron chi connectivity index (χ4n) is 3.14. The topological polar surface area (TPSA) is 30.5 Å². The first-order chi connectivity index (χ1) is 11.4. The number of ether oxygens (including phenoxy) is 2. The van der Waals surface area contributed by atoms with Crippen molar-refractivity contribution in [3.8, 4) is 5.75 Å². The van der Waals surface area contributed by atoms with Crippen LogP contribution >= 0.6 is 11.3 Å². The molecule has 3 nitrogen and oxygen atoms in total. The minimum atomic E-state index is -0.0992. The van der Waals surface area contributed by atoms with Crippen LogP contribution in [0.4, 0.5) is 0 Å². The summed E-state index contributed by atoms with van der Waals surface area (Å²) in [5.41, 5.74) is 2.44. The van der Waals surface area contributed by atoms with Crippen molar-refractivity contribution < 1.29 is 9.47 Å². The zero-order valence-corrected chi connectivity index (χ0v) is 13.8. The van der Waals surface area contributed by atoms with E-state index in [2.05, 4.69) is 53.2 Å². The molecule has 0 aliphatic carbocycles. The van der Waals surface area contributed by atoms with E-state index >= 15 is 0 Å². The molecule has 118 valence electrons. The van der Waals surface area contributed by atoms with E-state index in [0.29, 0.717) is 6.61 Å². The number of hydrogen-bond acceptors (Lipinski definition) is 4. The highest BCUT2D eigenvalue weighted by atomic mass is 32.1. The van der Waals surface area contributed by atoms with Gasteiger partial charge in [-0.15, -0.1) is 11.3 Å². The molecule has 0 amide bonds. The standard InChI is InChI=1S/C19H19NO2S/c1-20-11-17-19(14-6-3-2-5-13(14)12-21-17)22-16-7-4-8-18-15(16)9-10-23-18/h2-10,17,19-20H,11-12H2,1H3/t17-,19+/m0/s1. The van der Waals surface area contributed by atoms with E-state index in [4.69, 9.17) is 9.47 Å². The quantitative estimate of drug-likeness (QED) is 0.782. The molecule has 23 heavy (non-hydrogen) atoms. The number of fused-ring (bicyclic) bond motifs is 2. The van der Waals surface area contributed by atoms with Crippen LogP contribution in [0.1, 0.15) is 17.2 Å². The Morgan fingerprint density at radius 3 is 3.00 bits per heavy atom. The monoisotopic (exact) mass is 325 g/mol. The Labute approximate surface area is 139 Å². The van der Waals surface area contributed by atoms with Gasteiger partial charge in [-0.1, -0.05) is 30.3 Å². The van der Waals surface area contributed by atoms with Crippen molar-refractivity contribution in [2.24, 2.45) is 0 Å². The van der Waals surface area contributed by atoms with E-state index in [1.807, 2.05) is 13.1 Å². The van der Waals surface area contributed by atoms with Gasteiger partial charge >= 0.3 is 0 Å². The molecule has 1 aromatic heterocycles. The van der Waals surface area contributed by atoms with Crippen molar-refractivity contribution in [1.82, 2.24) is 5.32 Å². The van der Waals surface area contributed by atoms with Gasteiger partial charge in [0.05, 0.1) is 6.61 Å². The zero-order chi connectivity index (χ0) is 15.6. The summed E-state index contributed by atoms with van der Waals surface area (Å²) >= 11 is 1.74. The summed E-state index contributed by atoms with van der Waals surface area (Å²) in [5.74, 6) is 0.926. The van der Waals surface area contributed by atoms with Gasteiger partial charge in [-0.3, -0.25) is 0 Å². The Kier molecular flexibility index (Phi) is 4.04. The van der Waals surface area contributed by atoms with E-state index in [-0.39, 0.29) is 12.2 Å². The van der Waals surface area contributed by atoms with Crippen LogP contribution in [-0.2, 0) is 11.3 Å². The summed E-state index contributed by atoms with van der Waals surface area (Å²) in [6.45, 7) is 1.41. The normalized spacial score (nSPS) is 20.4. The van der Waals surface area contributed by atoms with Crippen LogP contribution in [0.3, 0.4) is 0 Å². The highest BCUT2D eigenvalue weighted by molar-refractivity contribution is 7.17. The second-order valence-electron chi connectivity index (χ2n) is 5.73. The summed E-state index contributed by atoms with van der Waals surface area (Å²) in [7, 11) is 1.94. The molecular weight excluding hydrogens is 306 g/mol. The molecule has 0 saturated heterocycles. The average Bonchev–Trinajstić information content (AvgIpc) is 3.07. The predicted molar refractivity (Wildman–Crippen MR) is 94.1 cm³/mol. The molecule has 2 aromatic carbocycles. The number of rotatable bonds is 4. The van der Waals surface area contributed by atoms with Gasteiger partial charge in [-0.25, -0.2) is 0 Å². The number of hydrogen-bond donors (Lipinski definition) is 1. The molecule has 1 N–H and O–H groups in total. The molecule has 1 aliphatic heterocycles. The van der Waals surface area contributed by atoms with Crippen molar-refractivity contribution in [2.75, 3.05) is 13.6 Å². The fourth-order valence-corrected chi connectivity index (χ4v) is 3.94. The van der Waals surface area contributed by atoms with Crippen LogP contribution in [0.25, 0.3) is 10.1 Å². The lowest BCUT2D eigenvalue weighted by molar-refractivity contribution is -0.0492. The maximum absolute atomic E-state index is 6.46. The van der Waals surface area contributed by atoms with Gasteiger partial charge in [-0.05, 0) is 36.2 Å². The van der Waals surface area contributed by atoms with Crippen molar-refractivity contribution in [3.05, 3.63) is 65.0 Å². The minimum Gasteiger partial charge on any atom is -0.482 e. The second kappa shape index (κ2) is 6.32. The van der Waals surface area contributed by atoms with Crippen LogP contribution in [0.2, 0.25) is 0 Å². The van der Waals surface area contributed by atoms with Gasteiger partial charge in [0.2, 0.25) is 0 Å². The summed E-state index contributed by atoms with van der Waals surface area (Å²) in [4.78, 5) is 0. The number of thiophene rings is 1. The SMILES string of the molecule is CNC[C@@H]1OCc2ccccc2[C@H]1Oc1cccc2sccc12. The molecule has 2 atom stereocenters. The van der Waals surface area contributed by atoms with Crippen molar-refractivity contribution >= 4 is 21.4 Å². The molecule has 2 heterocycles. The van der Waals surface area contributed by atoms with Gasteiger partial charge in [-0.2, -0.15) is 0 Å². The molecule has 0 unspecified atom stereocenters. The van der Waals surface area contributed by atoms with E-state index in [1.54, 1.807) is 11.3 Å². The lowest BCUT2D eigenvalue weighted by Gasteiger charge is -2.34. The van der Waals surface area contributed by atoms with Crippen molar-refractivity contribution in [2.45, 2.75) is 18.8 Å². The molecule has 1 aliphatic rings. The van der Waals surface area contributed by atoms with Gasteiger partial charge in [0, 0.05) is 22.2 Å². The molecule has 0 saturated carbocycles. The third-order valence-corrected chi connectivity index (χ3v) is 5.15. The molecule has 4 heteroatoms. The van der Waals surface area contributed by atoms with E-state index in [0.717, 1.165) is 12.3 Å². The fraction of sp³-hybridized carbons (Fsp3) is 0.263. The van der Waals surface area contributed by atoms with Gasteiger partial charge < -0.3 is 14.8 Å².